The molecule has 3 heteroatoms. The molecule has 0 heterocycles. The summed E-state index contributed by atoms with van der Waals surface area (Å²) in [6.45, 7) is 1.46. The number of benzene rings is 4. The average molecular weight is 290 g/mol. The van der Waals surface area contributed by atoms with Gasteiger partial charge in [-0.1, -0.05) is 36.4 Å². The van der Waals surface area contributed by atoms with Gasteiger partial charge >= 0.3 is 0 Å². The lowest BCUT2D eigenvalue weighted by Gasteiger charge is -2.17. The molecule has 0 aromatic heterocycles. The number of phenolic OH excluding ortho intramolecular Hbond substituents is 1. The first-order valence-corrected chi connectivity index (χ1v) is 7.11. The second kappa shape index (κ2) is 4.34. The fraction of sp³-hybridized carbons (Fsp3) is 0.105. The number of ether oxygens (including phenoxy) is 1. The molecule has 0 aliphatic heterocycles. The zero-order chi connectivity index (χ0) is 15.4. The van der Waals surface area contributed by atoms with Crippen molar-refractivity contribution in [1.82, 2.24) is 0 Å². The summed E-state index contributed by atoms with van der Waals surface area (Å²) in [4.78, 5) is 12.1. The van der Waals surface area contributed by atoms with Crippen molar-refractivity contribution in [3.8, 4) is 11.5 Å². The summed E-state index contributed by atoms with van der Waals surface area (Å²) in [5.41, 5.74) is 0.322. The average Bonchev–Trinajstić information content (AvgIpc) is 2.51. The van der Waals surface area contributed by atoms with Crippen molar-refractivity contribution in [3.05, 3.63) is 48.0 Å². The standard InChI is InChI=1S/C19H14O3/c1-10(20)15-13-8-6-11-4-3-5-12-7-9-14(17(13)16(11)12)19(22-2)18(15)21/h3-9,21H,1-2H3. The predicted octanol–water partition coefficient (Wildman–Crippen LogP) is 4.50. The van der Waals surface area contributed by atoms with Crippen molar-refractivity contribution in [3.63, 3.8) is 0 Å². The summed E-state index contributed by atoms with van der Waals surface area (Å²) in [6, 6.07) is 14.0. The molecule has 0 saturated heterocycles. The van der Waals surface area contributed by atoms with Crippen molar-refractivity contribution in [2.45, 2.75) is 6.92 Å². The second-order valence-electron chi connectivity index (χ2n) is 5.49. The smallest absolute Gasteiger partial charge is 0.169 e. The molecule has 4 aromatic carbocycles. The molecule has 0 saturated carbocycles. The minimum absolute atomic E-state index is 0.0825. The Balaban J connectivity index is 2.41. The summed E-state index contributed by atoms with van der Waals surface area (Å²) >= 11 is 0. The van der Waals surface area contributed by atoms with E-state index in [1.54, 1.807) is 0 Å². The van der Waals surface area contributed by atoms with Crippen LogP contribution >= 0.6 is 0 Å². The van der Waals surface area contributed by atoms with Gasteiger partial charge in [0, 0.05) is 10.8 Å². The van der Waals surface area contributed by atoms with Crippen molar-refractivity contribution >= 4 is 38.1 Å². The van der Waals surface area contributed by atoms with E-state index in [2.05, 4.69) is 0 Å². The van der Waals surface area contributed by atoms with Crippen LogP contribution in [0.3, 0.4) is 0 Å². The first-order chi connectivity index (χ1) is 10.6. The molecule has 1 N–H and O–H groups in total. The number of hydrogen-bond acceptors (Lipinski definition) is 3. The van der Waals surface area contributed by atoms with Gasteiger partial charge < -0.3 is 9.84 Å². The minimum atomic E-state index is -0.172. The van der Waals surface area contributed by atoms with Crippen LogP contribution in [0.4, 0.5) is 0 Å². The first kappa shape index (κ1) is 12.9. The lowest BCUT2D eigenvalue weighted by molar-refractivity contribution is 0.101. The van der Waals surface area contributed by atoms with Crippen LogP contribution in [0, 0.1) is 0 Å². The van der Waals surface area contributed by atoms with E-state index in [1.165, 1.54) is 14.0 Å². The highest BCUT2D eigenvalue weighted by Gasteiger charge is 2.22. The Morgan fingerprint density at radius 3 is 2.18 bits per heavy atom. The zero-order valence-electron chi connectivity index (χ0n) is 12.3. The van der Waals surface area contributed by atoms with E-state index in [-0.39, 0.29) is 11.5 Å². The Kier molecular flexibility index (Phi) is 2.54. The summed E-state index contributed by atoms with van der Waals surface area (Å²) in [6.07, 6.45) is 0. The van der Waals surface area contributed by atoms with Crippen LogP contribution in [0.1, 0.15) is 17.3 Å². The number of methoxy groups -OCH3 is 1. The molecule has 22 heavy (non-hydrogen) atoms. The van der Waals surface area contributed by atoms with E-state index in [1.807, 2.05) is 42.5 Å². The summed E-state index contributed by atoms with van der Waals surface area (Å²) in [5.74, 6) is 0.102. The summed E-state index contributed by atoms with van der Waals surface area (Å²) in [7, 11) is 1.51. The highest BCUT2D eigenvalue weighted by atomic mass is 16.5. The Labute approximate surface area is 127 Å². The normalized spacial score (nSPS) is 11.5. The van der Waals surface area contributed by atoms with Gasteiger partial charge in [-0.3, -0.25) is 4.79 Å². The Hall–Kier alpha value is -2.81. The number of ketones is 1. The van der Waals surface area contributed by atoms with Gasteiger partial charge in [0.1, 0.15) is 0 Å². The van der Waals surface area contributed by atoms with Crippen LogP contribution in [-0.2, 0) is 0 Å². The third-order valence-electron chi connectivity index (χ3n) is 4.30. The number of rotatable bonds is 2. The molecular formula is C19H14O3. The molecule has 0 amide bonds. The fourth-order valence-corrected chi connectivity index (χ4v) is 3.41. The van der Waals surface area contributed by atoms with Crippen molar-refractivity contribution in [2.75, 3.05) is 7.11 Å². The molecule has 0 aliphatic carbocycles. The van der Waals surface area contributed by atoms with Crippen LogP contribution in [0.15, 0.2) is 42.5 Å². The van der Waals surface area contributed by atoms with Gasteiger partial charge in [0.2, 0.25) is 0 Å². The van der Waals surface area contributed by atoms with E-state index in [0.29, 0.717) is 11.3 Å². The molecule has 108 valence electrons. The SMILES string of the molecule is COc1c(O)c(C(C)=O)c2ccc3cccc4ccc1c2c43. The highest BCUT2D eigenvalue weighted by molar-refractivity contribution is 6.28. The van der Waals surface area contributed by atoms with Crippen LogP contribution < -0.4 is 4.74 Å². The fourth-order valence-electron chi connectivity index (χ4n) is 3.41. The summed E-state index contributed by atoms with van der Waals surface area (Å²) < 4.78 is 5.39. The Morgan fingerprint density at radius 2 is 1.59 bits per heavy atom. The van der Waals surface area contributed by atoms with Gasteiger partial charge in [0.05, 0.1) is 12.7 Å². The lowest BCUT2D eigenvalue weighted by Crippen LogP contribution is -1.99. The monoisotopic (exact) mass is 290 g/mol. The van der Waals surface area contributed by atoms with Crippen molar-refractivity contribution in [2.24, 2.45) is 0 Å². The number of Topliss-reactive ketones (excluding diaryl/α,β-unsaturated/α-hetero) is 1. The first-order valence-electron chi connectivity index (χ1n) is 7.11. The van der Waals surface area contributed by atoms with Gasteiger partial charge in [-0.25, -0.2) is 0 Å². The maximum atomic E-state index is 12.1. The van der Waals surface area contributed by atoms with Crippen LogP contribution in [-0.4, -0.2) is 18.0 Å². The molecule has 0 aliphatic rings. The van der Waals surface area contributed by atoms with Crippen molar-refractivity contribution in [1.29, 1.82) is 0 Å². The number of hydrogen-bond donors (Lipinski definition) is 1. The molecule has 4 rings (SSSR count). The third-order valence-corrected chi connectivity index (χ3v) is 4.30. The molecular weight excluding hydrogens is 276 g/mol. The van der Waals surface area contributed by atoms with Gasteiger partial charge in [-0.2, -0.15) is 0 Å². The van der Waals surface area contributed by atoms with E-state index < -0.39 is 0 Å². The zero-order valence-corrected chi connectivity index (χ0v) is 12.3. The van der Waals surface area contributed by atoms with Gasteiger partial charge in [-0.05, 0) is 34.5 Å². The molecule has 0 radical (unpaired) electrons. The lowest BCUT2D eigenvalue weighted by atomic mass is 9.90. The molecule has 0 atom stereocenters. The number of carbonyl (C=O) groups is 1. The molecule has 3 nitrogen and oxygen atoms in total. The predicted molar refractivity (Wildman–Crippen MR) is 88.4 cm³/mol. The van der Waals surface area contributed by atoms with E-state index in [9.17, 15) is 9.90 Å². The third kappa shape index (κ3) is 1.48. The number of phenols is 1. The summed E-state index contributed by atoms with van der Waals surface area (Å²) in [5, 5.41) is 16.4. The van der Waals surface area contributed by atoms with E-state index >= 15 is 0 Å². The van der Waals surface area contributed by atoms with E-state index in [0.717, 1.165) is 32.3 Å². The maximum absolute atomic E-state index is 12.1. The van der Waals surface area contributed by atoms with Gasteiger partial charge in [-0.15, -0.1) is 0 Å². The quantitative estimate of drug-likeness (QED) is 0.436. The highest BCUT2D eigenvalue weighted by Crippen LogP contribution is 2.46. The van der Waals surface area contributed by atoms with Crippen molar-refractivity contribution < 1.29 is 14.6 Å². The van der Waals surface area contributed by atoms with Gasteiger partial charge in [0.25, 0.3) is 0 Å². The molecule has 4 aromatic rings. The second-order valence-corrected chi connectivity index (χ2v) is 5.49. The number of carbonyl (C=O) groups excluding carboxylic acids is 1. The largest absolute Gasteiger partial charge is 0.504 e. The Bertz CT molecular complexity index is 1030. The molecule has 0 fully saturated rings. The molecule has 0 spiro atoms. The van der Waals surface area contributed by atoms with Gasteiger partial charge in [0.15, 0.2) is 17.3 Å². The molecule has 0 unspecified atom stereocenters. The number of aromatic hydroxyl groups is 1. The topological polar surface area (TPSA) is 46.5 Å². The molecule has 0 bridgehead atoms. The van der Waals surface area contributed by atoms with Crippen LogP contribution in [0.25, 0.3) is 32.3 Å². The van der Waals surface area contributed by atoms with Crippen LogP contribution in [0.2, 0.25) is 0 Å². The maximum Gasteiger partial charge on any atom is 0.169 e. The Morgan fingerprint density at radius 1 is 0.955 bits per heavy atom. The van der Waals surface area contributed by atoms with Crippen LogP contribution in [0.5, 0.6) is 11.5 Å². The van der Waals surface area contributed by atoms with E-state index in [4.69, 9.17) is 4.74 Å². The minimum Gasteiger partial charge on any atom is -0.504 e.